The van der Waals surface area contributed by atoms with Crippen molar-refractivity contribution in [1.29, 1.82) is 0 Å². The quantitative estimate of drug-likeness (QED) is 0.0721. The van der Waals surface area contributed by atoms with Crippen LogP contribution in [0.25, 0.3) is 0 Å². The predicted octanol–water partition coefficient (Wildman–Crippen LogP) is -3.45. The molecule has 0 bridgehead atoms. The molecule has 3 atom stereocenters. The standard InChI is InChI=1S/C16H29N7O7/c17-8(2-1-7-21-16(19)20)13(27)22-9(4-6-12(25)26)14(28)23-10(15(29)30)3-5-11(18)24/h8-10H,1-7,17H2,(H2,18,24)(H,22,27)(H,23,28)(H,25,26)(H,29,30)(H4,19,20,21). The van der Waals surface area contributed by atoms with Crippen LogP contribution >= 0.6 is 0 Å². The number of carbonyl (C=O) groups excluding carboxylic acids is 3. The summed E-state index contributed by atoms with van der Waals surface area (Å²) in [6, 6.07) is -3.81. The molecule has 12 N–H and O–H groups in total. The summed E-state index contributed by atoms with van der Waals surface area (Å²) in [5.41, 5.74) is 21.1. The molecule has 0 aromatic rings. The van der Waals surface area contributed by atoms with E-state index in [-0.39, 0.29) is 38.2 Å². The first-order valence-electron chi connectivity index (χ1n) is 9.08. The largest absolute Gasteiger partial charge is 0.481 e. The normalized spacial score (nSPS) is 13.4. The van der Waals surface area contributed by atoms with Crippen molar-refractivity contribution in [1.82, 2.24) is 10.6 Å². The zero-order valence-corrected chi connectivity index (χ0v) is 16.4. The van der Waals surface area contributed by atoms with Crippen LogP contribution in [0.4, 0.5) is 0 Å². The van der Waals surface area contributed by atoms with Crippen LogP contribution in [-0.4, -0.2) is 70.5 Å². The van der Waals surface area contributed by atoms with E-state index in [1.54, 1.807) is 0 Å². The monoisotopic (exact) mass is 431 g/mol. The molecule has 0 heterocycles. The molecule has 14 nitrogen and oxygen atoms in total. The smallest absolute Gasteiger partial charge is 0.326 e. The number of rotatable bonds is 15. The fourth-order valence-corrected chi connectivity index (χ4v) is 2.28. The van der Waals surface area contributed by atoms with Crippen LogP contribution in [0.15, 0.2) is 4.99 Å². The molecule has 0 aliphatic heterocycles. The summed E-state index contributed by atoms with van der Waals surface area (Å²) >= 11 is 0. The number of aliphatic carboxylic acids is 2. The van der Waals surface area contributed by atoms with Gasteiger partial charge in [0.2, 0.25) is 17.7 Å². The Labute approximate surface area is 172 Å². The van der Waals surface area contributed by atoms with E-state index in [2.05, 4.69) is 15.6 Å². The molecular weight excluding hydrogens is 402 g/mol. The average Bonchev–Trinajstić information content (AvgIpc) is 2.64. The molecule has 3 amide bonds. The molecule has 170 valence electrons. The third-order valence-corrected chi connectivity index (χ3v) is 3.88. The minimum absolute atomic E-state index is 0.109. The summed E-state index contributed by atoms with van der Waals surface area (Å²) in [6.45, 7) is 0.242. The van der Waals surface area contributed by atoms with Gasteiger partial charge >= 0.3 is 11.9 Å². The van der Waals surface area contributed by atoms with Gasteiger partial charge in [-0.05, 0) is 25.7 Å². The highest BCUT2D eigenvalue weighted by Gasteiger charge is 2.28. The second kappa shape index (κ2) is 13.7. The number of hydrogen-bond acceptors (Lipinski definition) is 7. The molecule has 14 heteroatoms. The van der Waals surface area contributed by atoms with Crippen LogP contribution in [0.2, 0.25) is 0 Å². The zero-order valence-electron chi connectivity index (χ0n) is 16.4. The maximum atomic E-state index is 12.4. The van der Waals surface area contributed by atoms with E-state index in [4.69, 9.17) is 33.1 Å². The van der Waals surface area contributed by atoms with Gasteiger partial charge in [0.1, 0.15) is 12.1 Å². The molecule has 0 radical (unpaired) electrons. The molecule has 0 saturated carbocycles. The topological polar surface area (TPSA) is 266 Å². The highest BCUT2D eigenvalue weighted by molar-refractivity contribution is 5.92. The van der Waals surface area contributed by atoms with E-state index < -0.39 is 54.2 Å². The van der Waals surface area contributed by atoms with Crippen LogP contribution in [0.5, 0.6) is 0 Å². The van der Waals surface area contributed by atoms with E-state index in [1.807, 2.05) is 0 Å². The lowest BCUT2D eigenvalue weighted by molar-refractivity contribution is -0.143. The summed E-state index contributed by atoms with van der Waals surface area (Å²) in [5.74, 6) is -5.14. The van der Waals surface area contributed by atoms with E-state index in [0.29, 0.717) is 6.42 Å². The Bertz CT molecular complexity index is 664. The van der Waals surface area contributed by atoms with Crippen LogP contribution < -0.4 is 33.6 Å². The van der Waals surface area contributed by atoms with Crippen molar-refractivity contribution in [3.63, 3.8) is 0 Å². The van der Waals surface area contributed by atoms with Gasteiger partial charge in [-0.15, -0.1) is 0 Å². The van der Waals surface area contributed by atoms with Crippen molar-refractivity contribution in [3.8, 4) is 0 Å². The minimum Gasteiger partial charge on any atom is -0.481 e. The molecule has 0 rings (SSSR count). The number of aliphatic imine (C=N–C) groups is 1. The number of carboxylic acid groups (broad SMARTS) is 2. The van der Waals surface area contributed by atoms with Gasteiger partial charge < -0.3 is 43.8 Å². The van der Waals surface area contributed by atoms with Gasteiger partial charge in [-0.2, -0.15) is 0 Å². The van der Waals surface area contributed by atoms with E-state index >= 15 is 0 Å². The first kappa shape index (κ1) is 26.6. The molecule has 30 heavy (non-hydrogen) atoms. The Kier molecular flexibility index (Phi) is 12.1. The van der Waals surface area contributed by atoms with Crippen LogP contribution in [0, 0.1) is 0 Å². The van der Waals surface area contributed by atoms with Crippen LogP contribution in [-0.2, 0) is 24.0 Å². The average molecular weight is 431 g/mol. The van der Waals surface area contributed by atoms with E-state index in [9.17, 15) is 24.0 Å². The number of guanidine groups is 1. The number of carbonyl (C=O) groups is 5. The molecule has 0 aliphatic carbocycles. The van der Waals surface area contributed by atoms with E-state index in [1.165, 1.54) is 0 Å². The first-order valence-corrected chi connectivity index (χ1v) is 9.08. The zero-order chi connectivity index (χ0) is 23.3. The molecule has 0 aliphatic rings. The maximum absolute atomic E-state index is 12.4. The fourth-order valence-electron chi connectivity index (χ4n) is 2.28. The number of carboxylic acids is 2. The van der Waals surface area contributed by atoms with Gasteiger partial charge in [0, 0.05) is 19.4 Å². The third-order valence-electron chi connectivity index (χ3n) is 3.88. The van der Waals surface area contributed by atoms with Crippen molar-refractivity contribution in [2.24, 2.45) is 27.9 Å². The third kappa shape index (κ3) is 12.1. The number of nitrogens with one attached hydrogen (secondary N) is 2. The fraction of sp³-hybridized carbons (Fsp3) is 0.625. The predicted molar refractivity (Wildman–Crippen MR) is 105 cm³/mol. The van der Waals surface area contributed by atoms with Gasteiger partial charge in [-0.25, -0.2) is 4.79 Å². The molecule has 0 aromatic carbocycles. The highest BCUT2D eigenvalue weighted by atomic mass is 16.4. The first-order chi connectivity index (χ1) is 13.9. The highest BCUT2D eigenvalue weighted by Crippen LogP contribution is 2.04. The number of primary amides is 1. The Hall–Kier alpha value is -3.42. The summed E-state index contributed by atoms with van der Waals surface area (Å²) in [6.07, 6.45) is -0.740. The molecule has 0 spiro atoms. The second-order valence-corrected chi connectivity index (χ2v) is 6.45. The molecule has 0 saturated heterocycles. The lowest BCUT2D eigenvalue weighted by atomic mass is 10.1. The Morgan fingerprint density at radius 1 is 0.833 bits per heavy atom. The van der Waals surface area contributed by atoms with Crippen LogP contribution in [0.3, 0.4) is 0 Å². The maximum Gasteiger partial charge on any atom is 0.326 e. The summed E-state index contributed by atoms with van der Waals surface area (Å²) < 4.78 is 0. The van der Waals surface area contributed by atoms with Gasteiger partial charge in [0.25, 0.3) is 0 Å². The number of hydrogen-bond donors (Lipinski definition) is 8. The Morgan fingerprint density at radius 2 is 1.40 bits per heavy atom. The number of nitrogens with zero attached hydrogens (tertiary/aromatic N) is 1. The lowest BCUT2D eigenvalue weighted by Crippen LogP contribution is -2.54. The number of amides is 3. The molecule has 0 aromatic heterocycles. The minimum atomic E-state index is -1.44. The van der Waals surface area contributed by atoms with Gasteiger partial charge in [-0.3, -0.25) is 24.2 Å². The number of nitrogens with two attached hydrogens (primary N) is 4. The SMILES string of the molecule is NC(=O)CCC(NC(=O)C(CCC(=O)O)NC(=O)C(N)CCCN=C(N)N)C(=O)O. The van der Waals surface area contributed by atoms with Crippen molar-refractivity contribution in [2.75, 3.05) is 6.54 Å². The summed E-state index contributed by atoms with van der Waals surface area (Å²) in [4.78, 5) is 61.4. The summed E-state index contributed by atoms with van der Waals surface area (Å²) in [5, 5.41) is 22.5. The van der Waals surface area contributed by atoms with E-state index in [0.717, 1.165) is 0 Å². The Balaban J connectivity index is 5.01. The van der Waals surface area contributed by atoms with Crippen LogP contribution in [0.1, 0.15) is 38.5 Å². The molecular formula is C16H29N7O7. The van der Waals surface area contributed by atoms with Gasteiger partial charge in [0.15, 0.2) is 5.96 Å². The van der Waals surface area contributed by atoms with Crippen molar-refractivity contribution in [3.05, 3.63) is 0 Å². The van der Waals surface area contributed by atoms with Crippen molar-refractivity contribution < 1.29 is 34.2 Å². The second-order valence-electron chi connectivity index (χ2n) is 6.45. The van der Waals surface area contributed by atoms with Gasteiger partial charge in [0.05, 0.1) is 6.04 Å². The molecule has 3 unspecified atom stereocenters. The Morgan fingerprint density at radius 3 is 1.90 bits per heavy atom. The molecule has 0 fully saturated rings. The lowest BCUT2D eigenvalue weighted by Gasteiger charge is -2.22. The van der Waals surface area contributed by atoms with Crippen molar-refractivity contribution in [2.45, 2.75) is 56.7 Å². The van der Waals surface area contributed by atoms with Gasteiger partial charge in [-0.1, -0.05) is 0 Å². The summed E-state index contributed by atoms with van der Waals surface area (Å²) in [7, 11) is 0. The van der Waals surface area contributed by atoms with Crippen molar-refractivity contribution >= 4 is 35.6 Å².